The van der Waals surface area contributed by atoms with Crippen LogP contribution in [0, 0.1) is 0 Å². The van der Waals surface area contributed by atoms with Crippen molar-refractivity contribution in [2.45, 2.75) is 4.90 Å². The van der Waals surface area contributed by atoms with Crippen molar-refractivity contribution >= 4 is 57.0 Å². The van der Waals surface area contributed by atoms with E-state index in [1.165, 1.54) is 60.8 Å². The number of nitrogens with zero attached hydrogens (tertiary/aromatic N) is 2. The number of carbonyl (C=O) groups is 2. The van der Waals surface area contributed by atoms with Crippen LogP contribution in [0.1, 0.15) is 15.9 Å². The summed E-state index contributed by atoms with van der Waals surface area (Å²) in [5, 5.41) is 13.1. The summed E-state index contributed by atoms with van der Waals surface area (Å²) < 4.78 is 27.4. The fourth-order valence-electron chi connectivity index (χ4n) is 2.73. The third kappa shape index (κ3) is 6.10. The Balaban J connectivity index is 1.81. The molecule has 11 heteroatoms. The Morgan fingerprint density at radius 3 is 2.24 bits per heavy atom. The van der Waals surface area contributed by atoms with Crippen LogP contribution in [0.5, 0.6) is 0 Å². The fraction of sp³-hybridized carbons (Fsp3) is 0.0455. The van der Waals surface area contributed by atoms with Crippen molar-refractivity contribution < 1.29 is 23.1 Å². The Kier molecular flexibility index (Phi) is 7.70. The quantitative estimate of drug-likeness (QED) is 0.354. The summed E-state index contributed by atoms with van der Waals surface area (Å²) in [7, 11) is -4.11. The number of sulfonamides is 1. The molecule has 0 bridgehead atoms. The molecule has 0 atom stereocenters. The van der Waals surface area contributed by atoms with Crippen molar-refractivity contribution in [2.75, 3.05) is 10.8 Å². The Hall–Kier alpha value is -3.40. The van der Waals surface area contributed by atoms with Gasteiger partial charge in [0.2, 0.25) is 0 Å². The minimum atomic E-state index is -4.11. The topological polar surface area (TPSA) is 116 Å². The molecule has 0 aromatic heterocycles. The fourth-order valence-corrected chi connectivity index (χ4v) is 4.46. The molecule has 1 amide bonds. The molecule has 0 aliphatic carbocycles. The molecule has 0 aliphatic heterocycles. The Morgan fingerprint density at radius 2 is 1.64 bits per heavy atom. The van der Waals surface area contributed by atoms with Gasteiger partial charge in [0.15, 0.2) is 0 Å². The predicted octanol–water partition coefficient (Wildman–Crippen LogP) is 4.04. The van der Waals surface area contributed by atoms with Gasteiger partial charge in [0.25, 0.3) is 15.9 Å². The summed E-state index contributed by atoms with van der Waals surface area (Å²) in [4.78, 5) is 23.4. The van der Waals surface area contributed by atoms with Gasteiger partial charge in [-0.05, 0) is 48.0 Å². The van der Waals surface area contributed by atoms with Gasteiger partial charge in [-0.3, -0.25) is 9.10 Å². The van der Waals surface area contributed by atoms with E-state index in [1.54, 1.807) is 18.2 Å². The summed E-state index contributed by atoms with van der Waals surface area (Å²) in [6.07, 6.45) is 1.30. The van der Waals surface area contributed by atoms with Crippen LogP contribution in [0.3, 0.4) is 0 Å². The highest BCUT2D eigenvalue weighted by Crippen LogP contribution is 2.30. The lowest BCUT2D eigenvalue weighted by molar-refractivity contribution is -0.119. The first kappa shape index (κ1) is 24.2. The summed E-state index contributed by atoms with van der Waals surface area (Å²) in [5.41, 5.74) is 3.07. The molecule has 0 radical (unpaired) electrons. The van der Waals surface area contributed by atoms with Gasteiger partial charge in [-0.1, -0.05) is 53.5 Å². The van der Waals surface area contributed by atoms with Crippen molar-refractivity contribution in [3.05, 3.63) is 94.0 Å². The third-order valence-corrected chi connectivity index (χ3v) is 6.90. The zero-order valence-corrected chi connectivity index (χ0v) is 19.2. The largest absolute Gasteiger partial charge is 0.478 e. The van der Waals surface area contributed by atoms with Crippen molar-refractivity contribution in [2.24, 2.45) is 5.10 Å². The highest BCUT2D eigenvalue weighted by atomic mass is 35.5. The molecule has 0 unspecified atom stereocenters. The van der Waals surface area contributed by atoms with Gasteiger partial charge in [0.05, 0.1) is 32.4 Å². The Bertz CT molecular complexity index is 1300. The molecule has 0 heterocycles. The molecule has 0 saturated carbocycles. The number of anilines is 1. The number of carboxylic acid groups (broad SMARTS) is 1. The van der Waals surface area contributed by atoms with Crippen molar-refractivity contribution in [1.82, 2.24) is 5.43 Å². The van der Waals surface area contributed by atoms with E-state index in [2.05, 4.69) is 10.5 Å². The van der Waals surface area contributed by atoms with Gasteiger partial charge in [-0.25, -0.2) is 18.6 Å². The van der Waals surface area contributed by atoms with Gasteiger partial charge in [0, 0.05) is 0 Å². The number of amides is 1. The first-order valence-corrected chi connectivity index (χ1v) is 11.6. The van der Waals surface area contributed by atoms with Gasteiger partial charge < -0.3 is 5.11 Å². The molecule has 0 aliphatic rings. The van der Waals surface area contributed by atoms with Crippen LogP contribution in [0.4, 0.5) is 5.69 Å². The molecular formula is C22H17Cl2N3O5S. The molecule has 33 heavy (non-hydrogen) atoms. The zero-order valence-electron chi connectivity index (χ0n) is 16.9. The van der Waals surface area contributed by atoms with Gasteiger partial charge >= 0.3 is 5.97 Å². The molecule has 170 valence electrons. The summed E-state index contributed by atoms with van der Waals surface area (Å²) >= 11 is 12.0. The average molecular weight is 506 g/mol. The highest BCUT2D eigenvalue weighted by molar-refractivity contribution is 7.92. The molecule has 3 aromatic carbocycles. The summed E-state index contributed by atoms with van der Waals surface area (Å²) in [6, 6.07) is 17.7. The van der Waals surface area contributed by atoms with Crippen LogP contribution in [-0.4, -0.2) is 38.2 Å². The van der Waals surface area contributed by atoms with Gasteiger partial charge in [-0.2, -0.15) is 5.10 Å². The van der Waals surface area contributed by atoms with Gasteiger partial charge in [-0.15, -0.1) is 0 Å². The molecule has 3 aromatic rings. The Morgan fingerprint density at radius 1 is 0.970 bits per heavy atom. The van der Waals surface area contributed by atoms with E-state index in [0.717, 1.165) is 4.31 Å². The second-order valence-electron chi connectivity index (χ2n) is 6.64. The summed E-state index contributed by atoms with van der Waals surface area (Å²) in [6.45, 7) is -0.579. The van der Waals surface area contributed by atoms with E-state index in [-0.39, 0.29) is 26.2 Å². The number of benzene rings is 3. The first-order valence-electron chi connectivity index (χ1n) is 9.36. The molecular weight excluding hydrogens is 489 g/mol. The smallest absolute Gasteiger partial charge is 0.335 e. The minimum absolute atomic E-state index is 0.00843. The lowest BCUT2D eigenvalue weighted by Crippen LogP contribution is -2.39. The normalized spacial score (nSPS) is 11.3. The van der Waals surface area contributed by atoms with Crippen molar-refractivity contribution in [3.8, 4) is 0 Å². The third-order valence-electron chi connectivity index (χ3n) is 4.37. The molecule has 0 saturated heterocycles. The van der Waals surface area contributed by atoms with E-state index in [1.807, 2.05) is 0 Å². The van der Waals surface area contributed by atoms with E-state index in [9.17, 15) is 18.0 Å². The van der Waals surface area contributed by atoms with E-state index < -0.39 is 28.4 Å². The maximum absolute atomic E-state index is 13.2. The number of halogens is 2. The molecule has 3 rings (SSSR count). The molecule has 0 fully saturated rings. The number of aromatic carboxylic acids is 1. The maximum Gasteiger partial charge on any atom is 0.335 e. The second kappa shape index (κ2) is 10.5. The van der Waals surface area contributed by atoms with Crippen LogP contribution >= 0.6 is 23.2 Å². The van der Waals surface area contributed by atoms with Crippen LogP contribution in [-0.2, 0) is 14.8 Å². The molecule has 0 spiro atoms. The van der Waals surface area contributed by atoms with Crippen molar-refractivity contribution in [1.29, 1.82) is 0 Å². The SMILES string of the molecule is O=C(CN(c1ccc(Cl)c(Cl)c1)S(=O)(=O)c1ccccc1)N/N=C/c1ccc(C(=O)O)cc1. The van der Waals surface area contributed by atoms with E-state index in [0.29, 0.717) is 5.56 Å². The van der Waals surface area contributed by atoms with E-state index in [4.69, 9.17) is 28.3 Å². The number of hydrazone groups is 1. The number of hydrogen-bond acceptors (Lipinski definition) is 5. The predicted molar refractivity (Wildman–Crippen MR) is 127 cm³/mol. The number of carbonyl (C=O) groups excluding carboxylic acids is 1. The first-order chi connectivity index (χ1) is 15.7. The van der Waals surface area contributed by atoms with Gasteiger partial charge in [0.1, 0.15) is 6.54 Å². The average Bonchev–Trinajstić information content (AvgIpc) is 2.80. The monoisotopic (exact) mass is 505 g/mol. The lowest BCUT2D eigenvalue weighted by Gasteiger charge is -2.24. The molecule has 2 N–H and O–H groups in total. The minimum Gasteiger partial charge on any atom is -0.478 e. The molecule has 8 nitrogen and oxygen atoms in total. The lowest BCUT2D eigenvalue weighted by atomic mass is 10.1. The van der Waals surface area contributed by atoms with E-state index >= 15 is 0 Å². The number of carboxylic acids is 1. The second-order valence-corrected chi connectivity index (χ2v) is 9.32. The zero-order chi connectivity index (χ0) is 24.0. The highest BCUT2D eigenvalue weighted by Gasteiger charge is 2.27. The van der Waals surface area contributed by atoms with Crippen LogP contribution in [0.25, 0.3) is 0 Å². The van der Waals surface area contributed by atoms with Crippen molar-refractivity contribution in [3.63, 3.8) is 0 Å². The van der Waals surface area contributed by atoms with Crippen LogP contribution < -0.4 is 9.73 Å². The van der Waals surface area contributed by atoms with Crippen LogP contribution in [0.15, 0.2) is 82.8 Å². The maximum atomic E-state index is 13.2. The van der Waals surface area contributed by atoms with Crippen LogP contribution in [0.2, 0.25) is 10.0 Å². The summed E-state index contributed by atoms with van der Waals surface area (Å²) in [5.74, 6) is -1.77. The standard InChI is InChI=1S/C22H17Cl2N3O5S/c23-19-11-10-17(12-20(19)24)27(33(31,32)18-4-2-1-3-5-18)14-21(28)26-25-13-15-6-8-16(9-7-15)22(29)30/h1-13H,14H2,(H,26,28)(H,29,30)/b25-13+. The number of nitrogens with one attached hydrogen (secondary N) is 1. The number of rotatable bonds is 8. The Labute approximate surface area is 200 Å². The number of hydrogen-bond donors (Lipinski definition) is 2.